The SMILES string of the molecule is CCOC(=O)c1c(-c2ccc(OC)c(OC)c2)csc1NC(=O)COC(=O)/C=C/c1ccco1. The molecule has 1 aromatic carbocycles. The van der Waals surface area contributed by atoms with Crippen LogP contribution in [0.1, 0.15) is 23.0 Å². The molecule has 0 unspecified atom stereocenters. The van der Waals surface area contributed by atoms with Gasteiger partial charge in [-0.15, -0.1) is 11.3 Å². The number of methoxy groups -OCH3 is 2. The lowest BCUT2D eigenvalue weighted by atomic mass is 10.0. The standard InChI is InChI=1S/C24H23NO8S/c1-4-31-24(28)22-17(15-7-9-18(29-2)19(12-15)30-3)14-34-23(22)25-20(26)13-33-21(27)10-8-16-6-5-11-32-16/h5-12,14H,4,13H2,1-3H3,(H,25,26)/b10-8+. The molecule has 2 aromatic heterocycles. The van der Waals surface area contributed by atoms with Crippen LogP contribution in [0.3, 0.4) is 0 Å². The molecular formula is C24H23NO8S. The first-order chi connectivity index (χ1) is 16.5. The van der Waals surface area contributed by atoms with Crippen molar-refractivity contribution in [2.75, 3.05) is 32.8 Å². The normalized spacial score (nSPS) is 10.7. The molecule has 0 aliphatic rings. The fourth-order valence-corrected chi connectivity index (χ4v) is 3.93. The summed E-state index contributed by atoms with van der Waals surface area (Å²) in [6, 6.07) is 8.55. The van der Waals surface area contributed by atoms with Crippen molar-refractivity contribution in [2.45, 2.75) is 6.92 Å². The molecule has 0 radical (unpaired) electrons. The zero-order valence-electron chi connectivity index (χ0n) is 18.8. The number of benzene rings is 1. The monoisotopic (exact) mass is 485 g/mol. The lowest BCUT2D eigenvalue weighted by Gasteiger charge is -2.11. The van der Waals surface area contributed by atoms with Crippen LogP contribution >= 0.6 is 11.3 Å². The van der Waals surface area contributed by atoms with E-state index in [0.717, 1.165) is 17.4 Å². The average molecular weight is 486 g/mol. The fourth-order valence-electron chi connectivity index (χ4n) is 2.96. The van der Waals surface area contributed by atoms with Crippen LogP contribution in [0.5, 0.6) is 11.5 Å². The second-order valence-electron chi connectivity index (χ2n) is 6.65. The Kier molecular flexibility index (Phi) is 8.47. The lowest BCUT2D eigenvalue weighted by molar-refractivity contribution is -0.142. The van der Waals surface area contributed by atoms with Crippen molar-refractivity contribution in [1.29, 1.82) is 0 Å². The second kappa shape index (κ2) is 11.7. The summed E-state index contributed by atoms with van der Waals surface area (Å²) in [5.74, 6) is -0.416. The molecule has 3 rings (SSSR count). The van der Waals surface area contributed by atoms with Crippen LogP contribution in [-0.2, 0) is 19.1 Å². The summed E-state index contributed by atoms with van der Waals surface area (Å²) in [6.45, 7) is 1.31. The predicted octanol–water partition coefficient (Wildman–Crippen LogP) is 4.40. The number of ether oxygens (including phenoxy) is 4. The Hall–Kier alpha value is -4.05. The number of carbonyl (C=O) groups excluding carboxylic acids is 3. The van der Waals surface area contributed by atoms with Crippen molar-refractivity contribution in [3.63, 3.8) is 0 Å². The average Bonchev–Trinajstić information content (AvgIpc) is 3.51. The van der Waals surface area contributed by atoms with E-state index < -0.39 is 24.5 Å². The minimum absolute atomic E-state index is 0.160. The molecule has 2 heterocycles. The highest BCUT2D eigenvalue weighted by Gasteiger charge is 2.24. The molecule has 0 bridgehead atoms. The van der Waals surface area contributed by atoms with E-state index in [0.29, 0.717) is 28.4 Å². The van der Waals surface area contributed by atoms with Crippen molar-refractivity contribution >= 4 is 40.3 Å². The summed E-state index contributed by atoms with van der Waals surface area (Å²) < 4.78 is 25.8. The molecule has 0 aliphatic carbocycles. The van der Waals surface area contributed by atoms with Gasteiger partial charge in [0.25, 0.3) is 5.91 Å². The third-order valence-corrected chi connectivity index (χ3v) is 5.39. The molecule has 0 spiro atoms. The van der Waals surface area contributed by atoms with Crippen molar-refractivity contribution in [1.82, 2.24) is 0 Å². The summed E-state index contributed by atoms with van der Waals surface area (Å²) in [5.41, 5.74) is 1.42. The molecule has 0 saturated carbocycles. The van der Waals surface area contributed by atoms with Gasteiger partial charge < -0.3 is 28.7 Å². The van der Waals surface area contributed by atoms with Crippen molar-refractivity contribution in [3.8, 4) is 22.6 Å². The van der Waals surface area contributed by atoms with Gasteiger partial charge in [-0.2, -0.15) is 0 Å². The van der Waals surface area contributed by atoms with Gasteiger partial charge in [0.1, 0.15) is 16.3 Å². The van der Waals surface area contributed by atoms with Crippen molar-refractivity contribution in [2.24, 2.45) is 0 Å². The third-order valence-electron chi connectivity index (χ3n) is 4.49. The van der Waals surface area contributed by atoms with E-state index in [1.807, 2.05) is 0 Å². The summed E-state index contributed by atoms with van der Waals surface area (Å²) in [6.07, 6.45) is 4.04. The van der Waals surface area contributed by atoms with Crippen molar-refractivity contribution in [3.05, 3.63) is 59.4 Å². The molecular weight excluding hydrogens is 462 g/mol. The van der Waals surface area contributed by atoms with Gasteiger partial charge in [-0.05, 0) is 42.8 Å². The molecule has 0 aliphatic heterocycles. The highest BCUT2D eigenvalue weighted by Crippen LogP contribution is 2.39. The molecule has 9 nitrogen and oxygen atoms in total. The van der Waals surface area contributed by atoms with Gasteiger partial charge in [-0.3, -0.25) is 4.79 Å². The Balaban J connectivity index is 1.76. The number of carbonyl (C=O) groups is 3. The van der Waals surface area contributed by atoms with E-state index in [1.165, 1.54) is 26.6 Å². The molecule has 178 valence electrons. The van der Waals surface area contributed by atoms with Gasteiger partial charge in [0.05, 0.1) is 27.1 Å². The zero-order chi connectivity index (χ0) is 24.5. The Morgan fingerprint density at radius 1 is 1.09 bits per heavy atom. The Labute approximate surface area is 199 Å². The molecule has 10 heteroatoms. The molecule has 0 fully saturated rings. The van der Waals surface area contributed by atoms with Gasteiger partial charge in [0.15, 0.2) is 18.1 Å². The maximum atomic E-state index is 12.7. The molecule has 0 atom stereocenters. The van der Waals surface area contributed by atoms with Crippen LogP contribution in [0, 0.1) is 0 Å². The van der Waals surface area contributed by atoms with Gasteiger partial charge in [0, 0.05) is 17.0 Å². The van der Waals surface area contributed by atoms with Gasteiger partial charge >= 0.3 is 11.9 Å². The van der Waals surface area contributed by atoms with E-state index in [2.05, 4.69) is 5.32 Å². The fraction of sp³-hybridized carbons (Fsp3) is 0.208. The van der Waals surface area contributed by atoms with Crippen LogP contribution in [0.15, 0.2) is 52.5 Å². The lowest BCUT2D eigenvalue weighted by Crippen LogP contribution is -2.21. The number of amides is 1. The summed E-state index contributed by atoms with van der Waals surface area (Å²) in [7, 11) is 3.04. The van der Waals surface area contributed by atoms with E-state index in [4.69, 9.17) is 23.4 Å². The number of rotatable bonds is 10. The Bertz CT molecular complexity index is 1180. The highest BCUT2D eigenvalue weighted by atomic mass is 32.1. The maximum absolute atomic E-state index is 12.7. The number of furan rings is 1. The number of anilines is 1. The first-order valence-electron chi connectivity index (χ1n) is 10.2. The maximum Gasteiger partial charge on any atom is 0.341 e. The Morgan fingerprint density at radius 2 is 1.88 bits per heavy atom. The topological polar surface area (TPSA) is 113 Å². The van der Waals surface area contributed by atoms with Crippen molar-refractivity contribution < 1.29 is 37.7 Å². The van der Waals surface area contributed by atoms with E-state index in [9.17, 15) is 14.4 Å². The number of esters is 2. The van der Waals surface area contributed by atoms with Gasteiger partial charge in [-0.1, -0.05) is 6.07 Å². The first kappa shape index (κ1) is 24.6. The largest absolute Gasteiger partial charge is 0.493 e. The first-order valence-corrected chi connectivity index (χ1v) is 11.0. The number of hydrogen-bond acceptors (Lipinski definition) is 9. The van der Waals surface area contributed by atoms with E-state index in [1.54, 1.807) is 42.6 Å². The molecule has 1 amide bonds. The highest BCUT2D eigenvalue weighted by molar-refractivity contribution is 7.15. The smallest absolute Gasteiger partial charge is 0.341 e. The van der Waals surface area contributed by atoms with Gasteiger partial charge in [-0.25, -0.2) is 9.59 Å². The summed E-state index contributed by atoms with van der Waals surface area (Å²) in [4.78, 5) is 36.9. The molecule has 3 aromatic rings. The van der Waals surface area contributed by atoms with Gasteiger partial charge in [0.2, 0.25) is 0 Å². The van der Waals surface area contributed by atoms with E-state index >= 15 is 0 Å². The number of hydrogen-bond donors (Lipinski definition) is 1. The molecule has 0 saturated heterocycles. The third kappa shape index (κ3) is 6.04. The second-order valence-corrected chi connectivity index (χ2v) is 7.53. The summed E-state index contributed by atoms with van der Waals surface area (Å²) >= 11 is 1.15. The van der Waals surface area contributed by atoms with Crippen LogP contribution in [0.25, 0.3) is 17.2 Å². The van der Waals surface area contributed by atoms with Crippen LogP contribution in [-0.4, -0.2) is 45.3 Å². The zero-order valence-corrected chi connectivity index (χ0v) is 19.6. The minimum Gasteiger partial charge on any atom is -0.493 e. The molecule has 34 heavy (non-hydrogen) atoms. The quantitative estimate of drug-likeness (QED) is 0.332. The van der Waals surface area contributed by atoms with E-state index in [-0.39, 0.29) is 17.2 Å². The van der Waals surface area contributed by atoms with Crippen LogP contribution < -0.4 is 14.8 Å². The Morgan fingerprint density at radius 3 is 2.56 bits per heavy atom. The minimum atomic E-state index is -0.714. The molecule has 1 N–H and O–H groups in total. The number of thiophene rings is 1. The van der Waals surface area contributed by atoms with Crippen LogP contribution in [0.2, 0.25) is 0 Å². The van der Waals surface area contributed by atoms with Crippen LogP contribution in [0.4, 0.5) is 5.00 Å². The predicted molar refractivity (Wildman–Crippen MR) is 126 cm³/mol. The summed E-state index contributed by atoms with van der Waals surface area (Å²) in [5, 5.41) is 4.62. The number of nitrogens with one attached hydrogen (secondary N) is 1.